The van der Waals surface area contributed by atoms with Crippen LogP contribution in [0.4, 0.5) is 5.69 Å². The van der Waals surface area contributed by atoms with Crippen molar-refractivity contribution in [2.45, 2.75) is 50.4 Å². The highest BCUT2D eigenvalue weighted by molar-refractivity contribution is 6.09. The van der Waals surface area contributed by atoms with Gasteiger partial charge in [-0.3, -0.25) is 14.4 Å². The third kappa shape index (κ3) is 2.79. The Labute approximate surface area is 171 Å². The predicted molar refractivity (Wildman–Crippen MR) is 110 cm³/mol. The van der Waals surface area contributed by atoms with Crippen LogP contribution >= 0.6 is 0 Å². The molecule has 1 spiro atoms. The number of amides is 3. The fourth-order valence-corrected chi connectivity index (χ4v) is 5.50. The molecule has 6 nitrogen and oxygen atoms in total. The minimum absolute atomic E-state index is 0.0695. The maximum atomic E-state index is 13.3. The van der Waals surface area contributed by atoms with Gasteiger partial charge in [0, 0.05) is 50.4 Å². The van der Waals surface area contributed by atoms with E-state index >= 15 is 0 Å². The standard InChI is InChI=1S/C23H29N3O3/c1-24-19-8-7-17(21(28)25-11-2-3-12-25)15-18(19)23(22(24)29)9-13-26(14-10-23)20(27)16-5-4-6-16/h7-8,15-16H,2-6,9-14H2,1H3. The zero-order chi connectivity index (χ0) is 20.2. The summed E-state index contributed by atoms with van der Waals surface area (Å²) in [5.74, 6) is 0.639. The van der Waals surface area contributed by atoms with Crippen LogP contribution in [0.5, 0.6) is 0 Å². The molecule has 2 saturated heterocycles. The molecule has 29 heavy (non-hydrogen) atoms. The smallest absolute Gasteiger partial charge is 0.253 e. The molecule has 4 aliphatic rings. The normalized spacial score (nSPS) is 23.5. The summed E-state index contributed by atoms with van der Waals surface area (Å²) in [5.41, 5.74) is 1.97. The number of anilines is 1. The summed E-state index contributed by atoms with van der Waals surface area (Å²) in [6.07, 6.45) is 6.57. The van der Waals surface area contributed by atoms with Gasteiger partial charge in [-0.15, -0.1) is 0 Å². The van der Waals surface area contributed by atoms with Crippen molar-refractivity contribution in [2.75, 3.05) is 38.1 Å². The van der Waals surface area contributed by atoms with Gasteiger partial charge in [-0.2, -0.15) is 0 Å². The fourth-order valence-electron chi connectivity index (χ4n) is 5.50. The Bertz CT molecular complexity index is 862. The maximum absolute atomic E-state index is 13.3. The molecule has 1 saturated carbocycles. The van der Waals surface area contributed by atoms with E-state index in [1.165, 1.54) is 0 Å². The van der Waals surface area contributed by atoms with E-state index in [4.69, 9.17) is 0 Å². The summed E-state index contributed by atoms with van der Waals surface area (Å²) in [6, 6.07) is 5.75. The number of fused-ring (bicyclic) bond motifs is 2. The molecule has 0 N–H and O–H groups in total. The van der Waals surface area contributed by atoms with Gasteiger partial charge in [-0.25, -0.2) is 0 Å². The second kappa shape index (κ2) is 6.85. The van der Waals surface area contributed by atoms with E-state index < -0.39 is 5.41 Å². The average Bonchev–Trinajstić information content (AvgIpc) is 3.30. The lowest BCUT2D eigenvalue weighted by atomic mass is 9.72. The number of likely N-dealkylation sites (tertiary alicyclic amines) is 2. The monoisotopic (exact) mass is 395 g/mol. The molecule has 1 aliphatic carbocycles. The molecule has 5 rings (SSSR count). The van der Waals surface area contributed by atoms with Crippen LogP contribution in [-0.4, -0.2) is 60.7 Å². The molecule has 0 unspecified atom stereocenters. The highest BCUT2D eigenvalue weighted by Crippen LogP contribution is 2.48. The first-order valence-corrected chi connectivity index (χ1v) is 11.0. The van der Waals surface area contributed by atoms with E-state index in [0.717, 1.165) is 56.4 Å². The maximum Gasteiger partial charge on any atom is 0.253 e. The quantitative estimate of drug-likeness (QED) is 0.773. The Kier molecular flexibility index (Phi) is 4.41. The Morgan fingerprint density at radius 1 is 0.966 bits per heavy atom. The van der Waals surface area contributed by atoms with Crippen LogP contribution in [0.1, 0.15) is 60.9 Å². The molecule has 0 bridgehead atoms. The number of carbonyl (C=O) groups excluding carboxylic acids is 3. The molecular formula is C23H29N3O3. The van der Waals surface area contributed by atoms with E-state index in [-0.39, 0.29) is 23.6 Å². The first kappa shape index (κ1) is 18.6. The van der Waals surface area contributed by atoms with Crippen molar-refractivity contribution in [1.29, 1.82) is 0 Å². The summed E-state index contributed by atoms with van der Waals surface area (Å²) < 4.78 is 0. The van der Waals surface area contributed by atoms with Gasteiger partial charge in [0.1, 0.15) is 0 Å². The molecule has 3 amide bonds. The van der Waals surface area contributed by atoms with Crippen LogP contribution in [0.15, 0.2) is 18.2 Å². The Balaban J connectivity index is 1.42. The van der Waals surface area contributed by atoms with Crippen LogP contribution in [-0.2, 0) is 15.0 Å². The van der Waals surface area contributed by atoms with Gasteiger partial charge in [-0.1, -0.05) is 6.42 Å². The van der Waals surface area contributed by atoms with E-state index in [1.807, 2.05) is 35.0 Å². The van der Waals surface area contributed by atoms with Gasteiger partial charge >= 0.3 is 0 Å². The van der Waals surface area contributed by atoms with Gasteiger partial charge in [-0.05, 0) is 62.3 Å². The van der Waals surface area contributed by atoms with Crippen LogP contribution in [0.3, 0.4) is 0 Å². The van der Waals surface area contributed by atoms with Gasteiger partial charge in [0.15, 0.2) is 0 Å². The third-order valence-corrected chi connectivity index (χ3v) is 7.61. The van der Waals surface area contributed by atoms with Crippen LogP contribution < -0.4 is 4.90 Å². The molecule has 0 atom stereocenters. The van der Waals surface area contributed by atoms with Crippen LogP contribution in [0, 0.1) is 5.92 Å². The summed E-state index contributed by atoms with van der Waals surface area (Å²) in [5, 5.41) is 0. The number of piperidine rings is 1. The Hall–Kier alpha value is -2.37. The topological polar surface area (TPSA) is 60.9 Å². The molecule has 3 fully saturated rings. The molecule has 154 valence electrons. The lowest BCUT2D eigenvalue weighted by Gasteiger charge is -2.40. The SMILES string of the molecule is CN1C(=O)C2(CCN(C(=O)C3CCC3)CC2)c2cc(C(=O)N3CCCC3)ccc21. The highest BCUT2D eigenvalue weighted by atomic mass is 16.2. The Morgan fingerprint density at radius 3 is 2.28 bits per heavy atom. The van der Waals surface area contributed by atoms with E-state index in [9.17, 15) is 14.4 Å². The van der Waals surface area contributed by atoms with Crippen molar-refractivity contribution in [3.05, 3.63) is 29.3 Å². The summed E-state index contributed by atoms with van der Waals surface area (Å²) >= 11 is 0. The summed E-state index contributed by atoms with van der Waals surface area (Å²) in [6.45, 7) is 2.88. The number of likely N-dealkylation sites (N-methyl/N-ethyl adjacent to an activating group) is 1. The van der Waals surface area contributed by atoms with Crippen molar-refractivity contribution in [3.63, 3.8) is 0 Å². The first-order valence-electron chi connectivity index (χ1n) is 11.0. The molecule has 1 aromatic rings. The second-order valence-electron chi connectivity index (χ2n) is 9.13. The first-order chi connectivity index (χ1) is 14.0. The van der Waals surface area contributed by atoms with Gasteiger partial charge in [0.05, 0.1) is 5.41 Å². The van der Waals surface area contributed by atoms with Crippen molar-refractivity contribution in [2.24, 2.45) is 5.92 Å². The number of nitrogens with zero attached hydrogens (tertiary/aromatic N) is 3. The second-order valence-corrected chi connectivity index (χ2v) is 9.13. The van der Waals surface area contributed by atoms with Gasteiger partial charge < -0.3 is 14.7 Å². The molecule has 0 aromatic heterocycles. The number of hydrogen-bond donors (Lipinski definition) is 0. The zero-order valence-electron chi connectivity index (χ0n) is 17.2. The van der Waals surface area contributed by atoms with Gasteiger partial charge in [0.2, 0.25) is 11.8 Å². The molecule has 1 aromatic carbocycles. The number of hydrogen-bond acceptors (Lipinski definition) is 3. The largest absolute Gasteiger partial charge is 0.342 e. The lowest BCUT2D eigenvalue weighted by Crippen LogP contribution is -2.51. The van der Waals surface area contributed by atoms with Crippen LogP contribution in [0.25, 0.3) is 0 Å². The molecule has 3 aliphatic heterocycles. The molecule has 3 heterocycles. The average molecular weight is 396 g/mol. The summed E-state index contributed by atoms with van der Waals surface area (Å²) in [4.78, 5) is 44.4. The van der Waals surface area contributed by atoms with Crippen molar-refractivity contribution in [3.8, 4) is 0 Å². The van der Waals surface area contributed by atoms with Crippen molar-refractivity contribution < 1.29 is 14.4 Å². The van der Waals surface area contributed by atoms with Crippen LogP contribution in [0.2, 0.25) is 0 Å². The molecule has 0 radical (unpaired) electrons. The molecular weight excluding hydrogens is 366 g/mol. The Morgan fingerprint density at radius 2 is 1.66 bits per heavy atom. The minimum Gasteiger partial charge on any atom is -0.342 e. The van der Waals surface area contributed by atoms with E-state index in [0.29, 0.717) is 31.5 Å². The predicted octanol–water partition coefficient (Wildman–Crippen LogP) is 2.56. The highest BCUT2D eigenvalue weighted by Gasteiger charge is 2.52. The van der Waals surface area contributed by atoms with Gasteiger partial charge in [0.25, 0.3) is 5.91 Å². The minimum atomic E-state index is -0.595. The summed E-state index contributed by atoms with van der Waals surface area (Å²) in [7, 11) is 1.82. The third-order valence-electron chi connectivity index (χ3n) is 7.61. The lowest BCUT2D eigenvalue weighted by molar-refractivity contribution is -0.141. The number of carbonyl (C=O) groups is 3. The zero-order valence-corrected chi connectivity index (χ0v) is 17.2. The van der Waals surface area contributed by atoms with E-state index in [2.05, 4.69) is 0 Å². The van der Waals surface area contributed by atoms with Crippen molar-refractivity contribution >= 4 is 23.4 Å². The fraction of sp³-hybridized carbons (Fsp3) is 0.609. The molecule has 6 heteroatoms. The number of benzene rings is 1. The van der Waals surface area contributed by atoms with E-state index in [1.54, 1.807) is 4.90 Å². The number of rotatable bonds is 2. The van der Waals surface area contributed by atoms with Crippen molar-refractivity contribution in [1.82, 2.24) is 9.80 Å².